The topological polar surface area (TPSA) is 79.4 Å². The van der Waals surface area contributed by atoms with Crippen molar-refractivity contribution >= 4 is 18.4 Å². The number of anilines is 1. The van der Waals surface area contributed by atoms with Crippen LogP contribution in [0, 0.1) is 0 Å². The number of hydrogen-bond donors (Lipinski definition) is 3. The highest BCUT2D eigenvalue weighted by Gasteiger charge is 2.33. The Kier molecular flexibility index (Phi) is 2.67. The Morgan fingerprint density at radius 2 is 1.86 bits per heavy atom. The summed E-state index contributed by atoms with van der Waals surface area (Å²) in [5.41, 5.74) is 3.47. The fourth-order valence-electron chi connectivity index (χ4n) is 0.868. The number of rotatable bonds is 1. The minimum absolute atomic E-state index is 0.343. The summed E-state index contributed by atoms with van der Waals surface area (Å²) in [6, 6.07) is 1.49. The molecule has 0 radical (unpaired) electrons. The monoisotopic (exact) mass is 206 g/mol. The van der Waals surface area contributed by atoms with Crippen LogP contribution in [-0.4, -0.2) is 22.2 Å². The molecule has 0 saturated heterocycles. The Bertz CT molecular complexity index is 342. The van der Waals surface area contributed by atoms with Crippen molar-refractivity contribution in [2.45, 2.75) is 6.18 Å². The second-order valence-electron chi connectivity index (χ2n) is 2.58. The van der Waals surface area contributed by atoms with E-state index in [1.54, 1.807) is 0 Å². The summed E-state index contributed by atoms with van der Waals surface area (Å²) in [5, 5.41) is 17.3. The maximum absolute atomic E-state index is 12.1. The fraction of sp³-hybridized carbons (Fsp3) is 0.167. The zero-order chi connectivity index (χ0) is 10.9. The summed E-state index contributed by atoms with van der Waals surface area (Å²) in [7, 11) is -2.00. The molecular weight excluding hydrogens is 200 g/mol. The minimum Gasteiger partial charge on any atom is -0.423 e. The van der Waals surface area contributed by atoms with E-state index >= 15 is 0 Å². The van der Waals surface area contributed by atoms with Gasteiger partial charge in [-0.15, -0.1) is 0 Å². The van der Waals surface area contributed by atoms with Gasteiger partial charge in [-0.05, 0) is 17.6 Å². The first kappa shape index (κ1) is 10.8. The molecule has 76 valence electrons. The normalized spacial score (nSPS) is 11.5. The maximum atomic E-state index is 12.1. The van der Waals surface area contributed by atoms with Crippen LogP contribution in [0.15, 0.2) is 12.1 Å². The number of aromatic nitrogens is 1. The number of nitrogens with two attached hydrogens (primary N) is 1. The van der Waals surface area contributed by atoms with Gasteiger partial charge in [-0.3, -0.25) is 0 Å². The number of hydrogen-bond acceptors (Lipinski definition) is 4. The molecule has 1 rings (SSSR count). The molecule has 4 nitrogen and oxygen atoms in total. The van der Waals surface area contributed by atoms with Gasteiger partial charge in [-0.2, -0.15) is 13.2 Å². The molecule has 1 aromatic heterocycles. The molecule has 0 aliphatic rings. The van der Waals surface area contributed by atoms with E-state index in [9.17, 15) is 13.2 Å². The van der Waals surface area contributed by atoms with Crippen LogP contribution in [0.2, 0.25) is 0 Å². The third kappa shape index (κ3) is 2.36. The number of pyridine rings is 1. The first-order valence-corrected chi connectivity index (χ1v) is 3.51. The smallest absolute Gasteiger partial charge is 0.423 e. The van der Waals surface area contributed by atoms with Gasteiger partial charge in [0.15, 0.2) is 0 Å². The van der Waals surface area contributed by atoms with Crippen molar-refractivity contribution in [1.82, 2.24) is 4.98 Å². The maximum Gasteiger partial charge on any atom is 0.488 e. The largest absolute Gasteiger partial charge is 0.488 e. The molecule has 0 aliphatic carbocycles. The van der Waals surface area contributed by atoms with Crippen molar-refractivity contribution in [1.29, 1.82) is 0 Å². The zero-order valence-corrected chi connectivity index (χ0v) is 6.78. The Morgan fingerprint density at radius 3 is 2.29 bits per heavy atom. The first-order valence-electron chi connectivity index (χ1n) is 3.51. The second-order valence-corrected chi connectivity index (χ2v) is 2.58. The molecular formula is C6H6BF3N2O2. The van der Waals surface area contributed by atoms with E-state index in [1.165, 1.54) is 0 Å². The summed E-state index contributed by atoms with van der Waals surface area (Å²) >= 11 is 0. The van der Waals surface area contributed by atoms with E-state index in [0.29, 0.717) is 6.07 Å². The molecule has 14 heavy (non-hydrogen) atoms. The van der Waals surface area contributed by atoms with Crippen LogP contribution in [0.3, 0.4) is 0 Å². The zero-order valence-electron chi connectivity index (χ0n) is 6.78. The lowest BCUT2D eigenvalue weighted by atomic mass is 9.80. The van der Waals surface area contributed by atoms with Gasteiger partial charge < -0.3 is 15.8 Å². The third-order valence-electron chi connectivity index (χ3n) is 1.46. The molecule has 0 bridgehead atoms. The SMILES string of the molecule is Nc1cc(B(O)O)cc(C(F)(F)F)n1. The van der Waals surface area contributed by atoms with Crippen LogP contribution < -0.4 is 11.2 Å². The molecule has 1 aromatic rings. The molecule has 1 heterocycles. The van der Waals surface area contributed by atoms with Crippen molar-refractivity contribution in [3.63, 3.8) is 0 Å². The molecule has 0 aliphatic heterocycles. The molecule has 4 N–H and O–H groups in total. The lowest BCUT2D eigenvalue weighted by Gasteiger charge is -2.08. The van der Waals surface area contributed by atoms with Crippen LogP contribution >= 0.6 is 0 Å². The highest BCUT2D eigenvalue weighted by molar-refractivity contribution is 6.58. The van der Waals surface area contributed by atoms with Crippen LogP contribution in [-0.2, 0) is 6.18 Å². The van der Waals surface area contributed by atoms with Crippen LogP contribution in [0.1, 0.15) is 5.69 Å². The summed E-state index contributed by atoms with van der Waals surface area (Å²) < 4.78 is 36.4. The van der Waals surface area contributed by atoms with Gasteiger partial charge in [0.25, 0.3) is 0 Å². The lowest BCUT2D eigenvalue weighted by Crippen LogP contribution is -2.32. The van der Waals surface area contributed by atoms with E-state index in [2.05, 4.69) is 4.98 Å². The molecule has 0 aromatic carbocycles. The van der Waals surface area contributed by atoms with Crippen molar-refractivity contribution in [3.8, 4) is 0 Å². The van der Waals surface area contributed by atoms with Crippen LogP contribution in [0.25, 0.3) is 0 Å². The second kappa shape index (κ2) is 3.47. The van der Waals surface area contributed by atoms with Gasteiger partial charge in [0.1, 0.15) is 11.5 Å². The summed E-state index contributed by atoms with van der Waals surface area (Å²) in [6.07, 6.45) is -4.65. The predicted molar refractivity (Wildman–Crippen MR) is 43.5 cm³/mol. The van der Waals surface area contributed by atoms with Gasteiger partial charge >= 0.3 is 13.3 Å². The molecule has 0 atom stereocenters. The summed E-state index contributed by atoms with van der Waals surface area (Å²) in [5.74, 6) is -0.414. The highest BCUT2D eigenvalue weighted by atomic mass is 19.4. The standard InChI is InChI=1S/C6H6BF3N2O2/c8-6(9,10)4-1-3(7(13)14)2-5(11)12-4/h1-2,13-14H,(H2,11,12). The average Bonchev–Trinajstić information content (AvgIpc) is 2.01. The Labute approximate surface area is 77.3 Å². The van der Waals surface area contributed by atoms with Gasteiger partial charge in [-0.25, -0.2) is 4.98 Å². The molecule has 0 fully saturated rings. The van der Waals surface area contributed by atoms with Crippen molar-refractivity contribution < 1.29 is 23.2 Å². The average molecular weight is 206 g/mol. The van der Waals surface area contributed by atoms with Crippen LogP contribution in [0.4, 0.5) is 19.0 Å². The highest BCUT2D eigenvalue weighted by Crippen LogP contribution is 2.27. The van der Waals surface area contributed by atoms with E-state index in [4.69, 9.17) is 15.8 Å². The predicted octanol–water partition coefficient (Wildman–Crippen LogP) is -0.638. The third-order valence-corrected chi connectivity index (χ3v) is 1.46. The Balaban J connectivity index is 3.21. The molecule has 0 saturated carbocycles. The fourth-order valence-corrected chi connectivity index (χ4v) is 0.868. The van der Waals surface area contributed by atoms with Gasteiger partial charge in [0, 0.05) is 0 Å². The van der Waals surface area contributed by atoms with Gasteiger partial charge in [-0.1, -0.05) is 0 Å². The van der Waals surface area contributed by atoms with Crippen molar-refractivity contribution in [2.24, 2.45) is 0 Å². The number of halogens is 3. The summed E-state index contributed by atoms with van der Waals surface area (Å²) in [4.78, 5) is 3.02. The molecule has 0 unspecified atom stereocenters. The van der Waals surface area contributed by atoms with Crippen molar-refractivity contribution in [3.05, 3.63) is 17.8 Å². The van der Waals surface area contributed by atoms with Gasteiger partial charge in [0.2, 0.25) is 0 Å². The van der Waals surface area contributed by atoms with Gasteiger partial charge in [0.05, 0.1) is 0 Å². The van der Waals surface area contributed by atoms with E-state index < -0.39 is 24.8 Å². The lowest BCUT2D eigenvalue weighted by molar-refractivity contribution is -0.141. The number of nitrogen functional groups attached to an aromatic ring is 1. The Morgan fingerprint density at radius 1 is 1.29 bits per heavy atom. The van der Waals surface area contributed by atoms with E-state index in [0.717, 1.165) is 6.07 Å². The molecule has 0 spiro atoms. The molecule has 0 amide bonds. The van der Waals surface area contributed by atoms with Crippen molar-refractivity contribution in [2.75, 3.05) is 5.73 Å². The van der Waals surface area contributed by atoms with Crippen LogP contribution in [0.5, 0.6) is 0 Å². The van der Waals surface area contributed by atoms with E-state index in [-0.39, 0.29) is 5.46 Å². The summed E-state index contributed by atoms with van der Waals surface area (Å²) in [6.45, 7) is 0. The molecule has 8 heteroatoms. The van der Waals surface area contributed by atoms with E-state index in [1.807, 2.05) is 0 Å². The number of nitrogens with zero attached hydrogens (tertiary/aromatic N) is 1. The first-order chi connectivity index (χ1) is 6.30. The minimum atomic E-state index is -4.65. The Hall–Kier alpha value is -1.28. The quantitative estimate of drug-likeness (QED) is 0.534. The number of alkyl halides is 3.